The Hall–Kier alpha value is -1.89. The highest BCUT2D eigenvalue weighted by Gasteiger charge is 2.31. The Morgan fingerprint density at radius 2 is 1.89 bits per heavy atom. The predicted molar refractivity (Wildman–Crippen MR) is 101 cm³/mol. The number of ether oxygens (including phenoxy) is 1. The fraction of sp³-hybridized carbons (Fsp3) is 0.750. The Kier molecular flexibility index (Phi) is 6.52. The molecule has 1 saturated carbocycles. The molecule has 1 aliphatic heterocycles. The van der Waals surface area contributed by atoms with Crippen LogP contribution in [0.3, 0.4) is 0 Å². The van der Waals surface area contributed by atoms with Crippen molar-refractivity contribution in [2.75, 3.05) is 13.1 Å². The van der Waals surface area contributed by atoms with E-state index >= 15 is 0 Å². The van der Waals surface area contributed by atoms with E-state index in [2.05, 4.69) is 5.10 Å². The molecule has 0 spiro atoms. The van der Waals surface area contributed by atoms with Crippen molar-refractivity contribution in [3.63, 3.8) is 0 Å². The van der Waals surface area contributed by atoms with Crippen LogP contribution in [0.15, 0.2) is 6.20 Å². The Morgan fingerprint density at radius 1 is 1.22 bits per heavy atom. The van der Waals surface area contributed by atoms with Crippen LogP contribution in [0.5, 0.6) is 0 Å². The van der Waals surface area contributed by atoms with Crippen LogP contribution >= 0.6 is 0 Å². The molecule has 27 heavy (non-hydrogen) atoms. The van der Waals surface area contributed by atoms with Crippen LogP contribution in [-0.4, -0.2) is 57.0 Å². The minimum atomic E-state index is -0.947. The fourth-order valence-electron chi connectivity index (χ4n) is 4.30. The van der Waals surface area contributed by atoms with E-state index in [1.165, 1.54) is 25.5 Å². The number of rotatable bonds is 6. The number of carbonyl (C=O) groups excluding carboxylic acids is 1. The van der Waals surface area contributed by atoms with Gasteiger partial charge in [-0.2, -0.15) is 5.10 Å². The molecule has 0 bridgehead atoms. The van der Waals surface area contributed by atoms with Gasteiger partial charge in [0.05, 0.1) is 24.0 Å². The summed E-state index contributed by atoms with van der Waals surface area (Å²) in [7, 11) is 0. The molecule has 1 aliphatic carbocycles. The van der Waals surface area contributed by atoms with Gasteiger partial charge in [-0.3, -0.25) is 9.48 Å². The zero-order valence-corrected chi connectivity index (χ0v) is 16.4. The van der Waals surface area contributed by atoms with E-state index in [1.54, 1.807) is 11.6 Å². The highest BCUT2D eigenvalue weighted by Crippen LogP contribution is 2.27. The van der Waals surface area contributed by atoms with Gasteiger partial charge in [0.1, 0.15) is 11.7 Å². The summed E-state index contributed by atoms with van der Waals surface area (Å²) in [4.78, 5) is 26.0. The standard InChI is InChI=1S/C20H31N3O4/c1-3-18(27-16-7-5-4-6-8-16)19(24)22-11-9-15(10-12-22)23-14(2)17(13-21-23)20(25)26/h13,15-16,18H,3-12H2,1-2H3,(H,25,26). The van der Waals surface area contributed by atoms with Gasteiger partial charge in [-0.1, -0.05) is 26.2 Å². The van der Waals surface area contributed by atoms with Crippen molar-refractivity contribution in [1.82, 2.24) is 14.7 Å². The van der Waals surface area contributed by atoms with Crippen LogP contribution < -0.4 is 0 Å². The number of nitrogens with zero attached hydrogens (tertiary/aromatic N) is 3. The number of piperidine rings is 1. The zero-order chi connectivity index (χ0) is 19.4. The molecular formula is C20H31N3O4. The number of carboxylic acids is 1. The number of likely N-dealkylation sites (tertiary alicyclic amines) is 1. The van der Waals surface area contributed by atoms with Crippen molar-refractivity contribution in [3.8, 4) is 0 Å². The molecule has 2 fully saturated rings. The van der Waals surface area contributed by atoms with Crippen LogP contribution in [-0.2, 0) is 9.53 Å². The van der Waals surface area contributed by atoms with Gasteiger partial charge in [0, 0.05) is 13.1 Å². The molecule has 1 atom stereocenters. The molecule has 1 unspecified atom stereocenters. The molecule has 1 N–H and O–H groups in total. The lowest BCUT2D eigenvalue weighted by Crippen LogP contribution is -2.46. The molecule has 7 heteroatoms. The molecule has 2 heterocycles. The Balaban J connectivity index is 1.56. The summed E-state index contributed by atoms with van der Waals surface area (Å²) in [6.07, 6.45) is 9.38. The van der Waals surface area contributed by atoms with E-state index in [0.29, 0.717) is 25.2 Å². The van der Waals surface area contributed by atoms with Crippen molar-refractivity contribution < 1.29 is 19.4 Å². The van der Waals surface area contributed by atoms with E-state index in [1.807, 2.05) is 11.8 Å². The summed E-state index contributed by atoms with van der Waals surface area (Å²) in [5.74, 6) is -0.845. The van der Waals surface area contributed by atoms with Crippen LogP contribution in [0.4, 0.5) is 0 Å². The first-order chi connectivity index (χ1) is 13.0. The van der Waals surface area contributed by atoms with Gasteiger partial charge in [0.25, 0.3) is 5.91 Å². The number of hydrogen-bond donors (Lipinski definition) is 1. The summed E-state index contributed by atoms with van der Waals surface area (Å²) in [6, 6.07) is 0.140. The fourth-order valence-corrected chi connectivity index (χ4v) is 4.30. The predicted octanol–water partition coefficient (Wildman–Crippen LogP) is 3.18. The minimum absolute atomic E-state index is 0.102. The quantitative estimate of drug-likeness (QED) is 0.823. The number of carbonyl (C=O) groups is 2. The normalized spacial score (nSPS) is 20.6. The van der Waals surface area contributed by atoms with Gasteiger partial charge in [-0.05, 0) is 39.0 Å². The Labute approximate surface area is 160 Å². The average Bonchev–Trinajstić information content (AvgIpc) is 3.08. The molecule has 3 rings (SSSR count). The van der Waals surface area contributed by atoms with Gasteiger partial charge < -0.3 is 14.7 Å². The van der Waals surface area contributed by atoms with Gasteiger partial charge in [0.2, 0.25) is 0 Å². The topological polar surface area (TPSA) is 84.7 Å². The Bertz CT molecular complexity index is 658. The van der Waals surface area contributed by atoms with E-state index in [0.717, 1.165) is 25.7 Å². The van der Waals surface area contributed by atoms with E-state index < -0.39 is 5.97 Å². The van der Waals surface area contributed by atoms with Crippen molar-refractivity contribution in [3.05, 3.63) is 17.5 Å². The molecule has 0 radical (unpaired) electrons. The summed E-state index contributed by atoms with van der Waals surface area (Å²) in [5.41, 5.74) is 0.930. The molecular weight excluding hydrogens is 346 g/mol. The smallest absolute Gasteiger partial charge is 0.339 e. The minimum Gasteiger partial charge on any atom is -0.478 e. The van der Waals surface area contributed by atoms with Gasteiger partial charge >= 0.3 is 5.97 Å². The van der Waals surface area contributed by atoms with Crippen LogP contribution in [0.25, 0.3) is 0 Å². The lowest BCUT2D eigenvalue weighted by atomic mass is 9.97. The second-order valence-electron chi connectivity index (χ2n) is 7.74. The lowest BCUT2D eigenvalue weighted by Gasteiger charge is -2.35. The molecule has 1 saturated heterocycles. The Morgan fingerprint density at radius 3 is 2.44 bits per heavy atom. The maximum atomic E-state index is 12.9. The molecule has 1 amide bonds. The lowest BCUT2D eigenvalue weighted by molar-refractivity contribution is -0.150. The van der Waals surface area contributed by atoms with Crippen molar-refractivity contribution >= 4 is 11.9 Å². The van der Waals surface area contributed by atoms with Crippen LogP contribution in [0, 0.1) is 6.92 Å². The molecule has 2 aliphatic rings. The molecule has 0 aromatic carbocycles. The first-order valence-electron chi connectivity index (χ1n) is 10.2. The largest absolute Gasteiger partial charge is 0.478 e. The summed E-state index contributed by atoms with van der Waals surface area (Å²) >= 11 is 0. The molecule has 7 nitrogen and oxygen atoms in total. The van der Waals surface area contributed by atoms with Gasteiger partial charge in [-0.25, -0.2) is 4.79 Å². The van der Waals surface area contributed by atoms with Gasteiger partial charge in [0.15, 0.2) is 0 Å². The maximum Gasteiger partial charge on any atom is 0.339 e. The maximum absolute atomic E-state index is 12.9. The number of amides is 1. The third-order valence-electron chi connectivity index (χ3n) is 5.95. The van der Waals surface area contributed by atoms with Gasteiger partial charge in [-0.15, -0.1) is 0 Å². The summed E-state index contributed by atoms with van der Waals surface area (Å²) < 4.78 is 7.95. The number of aromatic carboxylic acids is 1. The third-order valence-corrected chi connectivity index (χ3v) is 5.95. The SMILES string of the molecule is CCC(OC1CCCCC1)C(=O)N1CCC(n2ncc(C(=O)O)c2C)CC1. The highest BCUT2D eigenvalue weighted by atomic mass is 16.5. The first-order valence-corrected chi connectivity index (χ1v) is 10.2. The monoisotopic (exact) mass is 377 g/mol. The number of hydrogen-bond acceptors (Lipinski definition) is 4. The van der Waals surface area contributed by atoms with Crippen molar-refractivity contribution in [2.45, 2.75) is 83.5 Å². The molecule has 1 aromatic heterocycles. The summed E-state index contributed by atoms with van der Waals surface area (Å²) in [6.45, 7) is 5.13. The van der Waals surface area contributed by atoms with Crippen LogP contribution in [0.2, 0.25) is 0 Å². The first kappa shape index (κ1) is 19.9. The average molecular weight is 377 g/mol. The second-order valence-corrected chi connectivity index (χ2v) is 7.74. The number of carboxylic acid groups (broad SMARTS) is 1. The van der Waals surface area contributed by atoms with Crippen molar-refractivity contribution in [1.29, 1.82) is 0 Å². The van der Waals surface area contributed by atoms with Crippen molar-refractivity contribution in [2.24, 2.45) is 0 Å². The van der Waals surface area contributed by atoms with E-state index in [-0.39, 0.29) is 29.7 Å². The van der Waals surface area contributed by atoms with E-state index in [4.69, 9.17) is 4.74 Å². The molecule has 150 valence electrons. The van der Waals surface area contributed by atoms with E-state index in [9.17, 15) is 14.7 Å². The third kappa shape index (κ3) is 4.51. The number of aromatic nitrogens is 2. The highest BCUT2D eigenvalue weighted by molar-refractivity contribution is 5.88. The van der Waals surface area contributed by atoms with Crippen LogP contribution in [0.1, 0.15) is 80.4 Å². The molecule has 1 aromatic rings. The zero-order valence-electron chi connectivity index (χ0n) is 16.4. The second kappa shape index (κ2) is 8.87. The summed E-state index contributed by atoms with van der Waals surface area (Å²) in [5, 5.41) is 13.5.